The Morgan fingerprint density at radius 1 is 1.20 bits per heavy atom. The van der Waals surface area contributed by atoms with Crippen LogP contribution in [0, 0.1) is 13.8 Å². The average Bonchev–Trinajstić information content (AvgIpc) is 2.00. The maximum atomic E-state index is 10.0. The van der Waals surface area contributed by atoms with Crippen molar-refractivity contribution in [3.63, 3.8) is 0 Å². The van der Waals surface area contributed by atoms with Crippen molar-refractivity contribution >= 4 is 0 Å². The summed E-state index contributed by atoms with van der Waals surface area (Å²) in [7, 11) is 1.51. The molecular weight excluding hydrogens is 192 g/mol. The molecular formula is C12H18O3. The third-order valence-corrected chi connectivity index (χ3v) is 2.45. The van der Waals surface area contributed by atoms with Crippen molar-refractivity contribution < 1.29 is 14.9 Å². The highest BCUT2D eigenvalue weighted by molar-refractivity contribution is 5.55. The number of aliphatic hydroxyl groups is 1. The van der Waals surface area contributed by atoms with Crippen molar-refractivity contribution in [2.75, 3.05) is 7.11 Å². The monoisotopic (exact) mass is 210 g/mol. The lowest BCUT2D eigenvalue weighted by Gasteiger charge is -2.23. The minimum absolute atomic E-state index is 0.0301. The van der Waals surface area contributed by atoms with Crippen LogP contribution in [0.5, 0.6) is 11.5 Å². The molecule has 0 radical (unpaired) electrons. The van der Waals surface area contributed by atoms with E-state index < -0.39 is 5.60 Å². The van der Waals surface area contributed by atoms with E-state index >= 15 is 0 Å². The first kappa shape index (κ1) is 11.9. The molecule has 84 valence electrons. The highest BCUT2D eigenvalue weighted by Gasteiger charge is 2.26. The van der Waals surface area contributed by atoms with Gasteiger partial charge in [-0.25, -0.2) is 0 Å². The van der Waals surface area contributed by atoms with Crippen LogP contribution in [0.3, 0.4) is 0 Å². The molecule has 1 rings (SSSR count). The first-order valence-electron chi connectivity index (χ1n) is 4.89. The summed E-state index contributed by atoms with van der Waals surface area (Å²) in [6.45, 7) is 7.01. The Hall–Kier alpha value is -1.22. The molecule has 0 aromatic heterocycles. The number of benzene rings is 1. The van der Waals surface area contributed by atoms with Gasteiger partial charge in [0.25, 0.3) is 0 Å². The van der Waals surface area contributed by atoms with Gasteiger partial charge in [0.05, 0.1) is 12.7 Å². The highest BCUT2D eigenvalue weighted by atomic mass is 16.5. The van der Waals surface area contributed by atoms with Gasteiger partial charge in [0.1, 0.15) is 0 Å². The first-order valence-corrected chi connectivity index (χ1v) is 4.89. The van der Waals surface area contributed by atoms with E-state index in [1.165, 1.54) is 7.11 Å². The highest BCUT2D eigenvalue weighted by Crippen LogP contribution is 2.40. The summed E-state index contributed by atoms with van der Waals surface area (Å²) < 4.78 is 5.11. The summed E-state index contributed by atoms with van der Waals surface area (Å²) in [6.07, 6.45) is 0. The molecule has 3 nitrogen and oxygen atoms in total. The van der Waals surface area contributed by atoms with Crippen LogP contribution < -0.4 is 4.74 Å². The van der Waals surface area contributed by atoms with Crippen LogP contribution in [-0.4, -0.2) is 17.3 Å². The zero-order valence-corrected chi connectivity index (χ0v) is 9.88. The van der Waals surface area contributed by atoms with Crippen LogP contribution in [-0.2, 0) is 5.60 Å². The Morgan fingerprint density at radius 3 is 2.13 bits per heavy atom. The van der Waals surface area contributed by atoms with Crippen molar-refractivity contribution in [3.8, 4) is 11.5 Å². The molecule has 0 saturated heterocycles. The van der Waals surface area contributed by atoms with Crippen LogP contribution in [0.2, 0.25) is 0 Å². The summed E-state index contributed by atoms with van der Waals surface area (Å²) >= 11 is 0. The molecule has 15 heavy (non-hydrogen) atoms. The van der Waals surface area contributed by atoms with Crippen LogP contribution in [0.4, 0.5) is 0 Å². The zero-order chi connectivity index (χ0) is 11.8. The Morgan fingerprint density at radius 2 is 1.73 bits per heavy atom. The van der Waals surface area contributed by atoms with E-state index in [9.17, 15) is 10.2 Å². The minimum Gasteiger partial charge on any atom is -0.504 e. The molecule has 0 spiro atoms. The van der Waals surface area contributed by atoms with Gasteiger partial charge in [-0.2, -0.15) is 0 Å². The first-order chi connectivity index (χ1) is 6.79. The maximum Gasteiger partial charge on any atom is 0.164 e. The van der Waals surface area contributed by atoms with E-state index in [1.54, 1.807) is 13.8 Å². The number of aryl methyl sites for hydroxylation is 2. The summed E-state index contributed by atoms with van der Waals surface area (Å²) in [5.41, 5.74) is 1.17. The zero-order valence-electron chi connectivity index (χ0n) is 9.88. The lowest BCUT2D eigenvalue weighted by atomic mass is 9.91. The van der Waals surface area contributed by atoms with E-state index in [-0.39, 0.29) is 5.75 Å². The molecule has 0 fully saturated rings. The average molecular weight is 210 g/mol. The largest absolute Gasteiger partial charge is 0.504 e. The van der Waals surface area contributed by atoms with Gasteiger partial charge in [0.2, 0.25) is 0 Å². The summed E-state index contributed by atoms with van der Waals surface area (Å²) in [5.74, 6) is 0.459. The summed E-state index contributed by atoms with van der Waals surface area (Å²) in [6, 6.07) is 1.89. The Bertz CT molecular complexity index is 375. The Balaban J connectivity index is 3.53. The number of methoxy groups -OCH3 is 1. The van der Waals surface area contributed by atoms with Gasteiger partial charge in [-0.1, -0.05) is 6.07 Å². The maximum absolute atomic E-state index is 10.0. The molecule has 3 heteroatoms. The van der Waals surface area contributed by atoms with E-state index in [4.69, 9.17) is 4.74 Å². The second-order valence-corrected chi connectivity index (χ2v) is 4.33. The van der Waals surface area contributed by atoms with Crippen molar-refractivity contribution in [3.05, 3.63) is 22.8 Å². The second kappa shape index (κ2) is 3.74. The molecule has 0 amide bonds. The fraction of sp³-hybridized carbons (Fsp3) is 0.500. The number of rotatable bonds is 2. The molecule has 1 aromatic rings. The van der Waals surface area contributed by atoms with Crippen LogP contribution in [0.1, 0.15) is 30.5 Å². The van der Waals surface area contributed by atoms with Crippen molar-refractivity contribution in [2.24, 2.45) is 0 Å². The summed E-state index contributed by atoms with van der Waals surface area (Å²) in [5, 5.41) is 19.9. The normalized spacial score (nSPS) is 11.6. The van der Waals surface area contributed by atoms with Crippen molar-refractivity contribution in [2.45, 2.75) is 33.3 Å². The fourth-order valence-corrected chi connectivity index (χ4v) is 1.98. The molecule has 0 aliphatic carbocycles. The van der Waals surface area contributed by atoms with Gasteiger partial charge < -0.3 is 14.9 Å². The predicted molar refractivity (Wildman–Crippen MR) is 59.4 cm³/mol. The van der Waals surface area contributed by atoms with Crippen molar-refractivity contribution in [1.29, 1.82) is 0 Å². The third kappa shape index (κ3) is 2.07. The van der Waals surface area contributed by atoms with Gasteiger partial charge in [-0.15, -0.1) is 0 Å². The van der Waals surface area contributed by atoms with E-state index in [0.29, 0.717) is 11.3 Å². The Kier molecular flexibility index (Phi) is 2.95. The number of hydrogen-bond donors (Lipinski definition) is 2. The third-order valence-electron chi connectivity index (χ3n) is 2.45. The number of ether oxygens (including phenoxy) is 1. The van der Waals surface area contributed by atoms with Gasteiger partial charge in [-0.05, 0) is 38.8 Å². The lowest BCUT2D eigenvalue weighted by molar-refractivity contribution is 0.0746. The SMILES string of the molecule is COc1c(C)cc(C)c(C(C)(C)O)c1O. The van der Waals surface area contributed by atoms with Gasteiger partial charge in [-0.3, -0.25) is 0 Å². The van der Waals surface area contributed by atoms with Crippen LogP contribution >= 0.6 is 0 Å². The number of phenols is 1. The Labute approximate surface area is 90.3 Å². The lowest BCUT2D eigenvalue weighted by Crippen LogP contribution is -2.18. The molecule has 2 N–H and O–H groups in total. The molecule has 0 heterocycles. The smallest absolute Gasteiger partial charge is 0.164 e. The molecule has 0 aliphatic heterocycles. The van der Waals surface area contributed by atoms with Gasteiger partial charge in [0, 0.05) is 5.56 Å². The van der Waals surface area contributed by atoms with E-state index in [0.717, 1.165) is 11.1 Å². The molecule has 1 aromatic carbocycles. The standard InChI is InChI=1S/C12H18O3/c1-7-6-8(2)11(15-5)10(13)9(7)12(3,4)14/h6,13-14H,1-5H3. The topological polar surface area (TPSA) is 49.7 Å². The van der Waals surface area contributed by atoms with Crippen LogP contribution in [0.25, 0.3) is 0 Å². The summed E-state index contributed by atoms with van der Waals surface area (Å²) in [4.78, 5) is 0. The molecule has 0 bridgehead atoms. The number of aromatic hydroxyl groups is 1. The fourth-order valence-electron chi connectivity index (χ4n) is 1.98. The molecule has 0 unspecified atom stereocenters. The minimum atomic E-state index is -1.07. The number of phenolic OH excluding ortho intramolecular Hbond substituents is 1. The molecule has 0 saturated carbocycles. The van der Waals surface area contributed by atoms with Gasteiger partial charge >= 0.3 is 0 Å². The predicted octanol–water partition coefficient (Wildman–Crippen LogP) is 2.25. The quantitative estimate of drug-likeness (QED) is 0.787. The van der Waals surface area contributed by atoms with Gasteiger partial charge in [0.15, 0.2) is 11.5 Å². The van der Waals surface area contributed by atoms with Crippen molar-refractivity contribution in [1.82, 2.24) is 0 Å². The van der Waals surface area contributed by atoms with E-state index in [2.05, 4.69) is 0 Å². The second-order valence-electron chi connectivity index (χ2n) is 4.33. The number of hydrogen-bond acceptors (Lipinski definition) is 3. The molecule has 0 atom stereocenters. The van der Waals surface area contributed by atoms with E-state index in [1.807, 2.05) is 19.9 Å². The molecule has 0 aliphatic rings. The van der Waals surface area contributed by atoms with Crippen LogP contribution in [0.15, 0.2) is 6.07 Å².